The highest BCUT2D eigenvalue weighted by Crippen LogP contribution is 2.23. The normalized spacial score (nSPS) is 9.67. The molecule has 7 nitrogen and oxygen atoms in total. The Morgan fingerprint density at radius 3 is 2.43 bits per heavy atom. The molecule has 2 aromatic heterocycles. The SMILES string of the molecule is Cc1ncc(CO)c(CO)c1O.NC(=O)c1cccnc1. The number of aromatic hydroxyl groups is 1. The molecule has 1 amide bonds. The van der Waals surface area contributed by atoms with Crippen LogP contribution in [0.1, 0.15) is 27.2 Å². The van der Waals surface area contributed by atoms with E-state index in [0.717, 1.165) is 0 Å². The first-order valence-electron chi connectivity index (χ1n) is 6.09. The van der Waals surface area contributed by atoms with E-state index >= 15 is 0 Å². The van der Waals surface area contributed by atoms with Crippen LogP contribution in [0.2, 0.25) is 0 Å². The lowest BCUT2D eigenvalue weighted by Gasteiger charge is -2.07. The van der Waals surface area contributed by atoms with E-state index in [0.29, 0.717) is 22.4 Å². The second kappa shape index (κ2) is 7.93. The maximum Gasteiger partial charge on any atom is 0.250 e. The van der Waals surface area contributed by atoms with Crippen LogP contribution in [-0.4, -0.2) is 31.2 Å². The van der Waals surface area contributed by atoms with Crippen molar-refractivity contribution < 1.29 is 20.1 Å². The molecule has 0 unspecified atom stereocenters. The number of aliphatic hydroxyl groups excluding tert-OH is 2. The smallest absolute Gasteiger partial charge is 0.250 e. The van der Waals surface area contributed by atoms with E-state index in [2.05, 4.69) is 9.97 Å². The number of hydrogen-bond acceptors (Lipinski definition) is 6. The van der Waals surface area contributed by atoms with Crippen LogP contribution in [0.25, 0.3) is 0 Å². The second-order valence-electron chi connectivity index (χ2n) is 4.12. The van der Waals surface area contributed by atoms with E-state index in [4.69, 9.17) is 15.9 Å². The molecule has 0 saturated carbocycles. The van der Waals surface area contributed by atoms with E-state index in [1.165, 1.54) is 12.4 Å². The van der Waals surface area contributed by atoms with Crippen molar-refractivity contribution in [1.82, 2.24) is 9.97 Å². The minimum Gasteiger partial charge on any atom is -0.506 e. The first kappa shape index (κ1) is 16.5. The van der Waals surface area contributed by atoms with Gasteiger partial charge in [0, 0.05) is 29.7 Å². The Balaban J connectivity index is 0.000000219. The summed E-state index contributed by atoms with van der Waals surface area (Å²) in [6.07, 6.45) is 4.47. The number of nitrogens with zero attached hydrogens (tertiary/aromatic N) is 2. The highest BCUT2D eigenvalue weighted by Gasteiger charge is 2.09. The first-order chi connectivity index (χ1) is 10.0. The Bertz CT molecular complexity index is 603. The fourth-order valence-corrected chi connectivity index (χ4v) is 1.51. The van der Waals surface area contributed by atoms with Gasteiger partial charge in [0.1, 0.15) is 5.75 Å². The molecule has 0 atom stereocenters. The van der Waals surface area contributed by atoms with Gasteiger partial charge in [-0.2, -0.15) is 0 Å². The van der Waals surface area contributed by atoms with Crippen LogP contribution in [0.5, 0.6) is 5.75 Å². The standard InChI is InChI=1S/C8H11NO3.C6H6N2O/c1-5-8(12)7(4-11)6(3-10)2-9-5;7-6(9)5-2-1-3-8-4-5/h2,10-12H,3-4H2,1H3;1-4H,(H2,7,9). The molecule has 0 fully saturated rings. The van der Waals surface area contributed by atoms with Gasteiger partial charge in [-0.05, 0) is 19.1 Å². The molecule has 7 heteroatoms. The van der Waals surface area contributed by atoms with Crippen molar-refractivity contribution in [2.45, 2.75) is 20.1 Å². The van der Waals surface area contributed by atoms with E-state index < -0.39 is 5.91 Å². The molecule has 0 aliphatic carbocycles. The number of aryl methyl sites for hydroxylation is 1. The lowest BCUT2D eigenvalue weighted by molar-refractivity contribution is 0.1000. The van der Waals surface area contributed by atoms with Gasteiger partial charge in [0.05, 0.1) is 24.5 Å². The van der Waals surface area contributed by atoms with E-state index in [1.54, 1.807) is 25.3 Å². The predicted molar refractivity (Wildman–Crippen MR) is 75.2 cm³/mol. The molecular formula is C14H17N3O4. The molecule has 0 aliphatic rings. The van der Waals surface area contributed by atoms with Crippen molar-refractivity contribution in [3.63, 3.8) is 0 Å². The maximum absolute atomic E-state index is 10.4. The summed E-state index contributed by atoms with van der Waals surface area (Å²) in [6.45, 7) is 1.12. The number of nitrogens with two attached hydrogens (primary N) is 1. The molecule has 112 valence electrons. The number of hydrogen-bond donors (Lipinski definition) is 4. The van der Waals surface area contributed by atoms with Gasteiger partial charge < -0.3 is 21.1 Å². The van der Waals surface area contributed by atoms with E-state index in [1.807, 2.05) is 0 Å². The molecule has 5 N–H and O–H groups in total. The summed E-state index contributed by atoms with van der Waals surface area (Å²) < 4.78 is 0. The highest BCUT2D eigenvalue weighted by atomic mass is 16.3. The number of carbonyl (C=O) groups is 1. The largest absolute Gasteiger partial charge is 0.506 e. The van der Waals surface area contributed by atoms with Gasteiger partial charge in [0.2, 0.25) is 5.91 Å². The van der Waals surface area contributed by atoms with Gasteiger partial charge in [-0.1, -0.05) is 0 Å². The van der Waals surface area contributed by atoms with Crippen LogP contribution in [0.15, 0.2) is 30.7 Å². The summed E-state index contributed by atoms with van der Waals surface area (Å²) in [5.41, 5.74) is 6.64. The van der Waals surface area contributed by atoms with E-state index in [-0.39, 0.29) is 19.0 Å². The lowest BCUT2D eigenvalue weighted by Crippen LogP contribution is -2.10. The second-order valence-corrected chi connectivity index (χ2v) is 4.12. The minimum atomic E-state index is -0.442. The average molecular weight is 291 g/mol. The fraction of sp³-hybridized carbons (Fsp3) is 0.214. The summed E-state index contributed by atoms with van der Waals surface area (Å²) >= 11 is 0. The van der Waals surface area contributed by atoms with Crippen LogP contribution in [0, 0.1) is 6.92 Å². The zero-order valence-corrected chi connectivity index (χ0v) is 11.5. The number of amides is 1. The Labute approximate surface area is 121 Å². The highest BCUT2D eigenvalue weighted by molar-refractivity contribution is 5.92. The zero-order valence-electron chi connectivity index (χ0n) is 11.5. The fourth-order valence-electron chi connectivity index (χ4n) is 1.51. The summed E-state index contributed by atoms with van der Waals surface area (Å²) in [7, 11) is 0. The summed E-state index contributed by atoms with van der Waals surface area (Å²) in [4.78, 5) is 17.9. The Hall–Kier alpha value is -2.51. The average Bonchev–Trinajstić information content (AvgIpc) is 2.51. The number of aliphatic hydroxyl groups is 2. The molecule has 0 saturated heterocycles. The number of primary amides is 1. The molecule has 0 aromatic carbocycles. The molecule has 0 spiro atoms. The van der Waals surface area contributed by atoms with Crippen molar-refractivity contribution >= 4 is 5.91 Å². The monoisotopic (exact) mass is 291 g/mol. The van der Waals surface area contributed by atoms with Crippen molar-refractivity contribution in [1.29, 1.82) is 0 Å². The maximum atomic E-state index is 10.4. The van der Waals surface area contributed by atoms with E-state index in [9.17, 15) is 9.90 Å². The number of aromatic nitrogens is 2. The molecule has 2 rings (SSSR count). The number of rotatable bonds is 3. The van der Waals surface area contributed by atoms with Crippen molar-refractivity contribution in [3.05, 3.63) is 53.1 Å². The van der Waals surface area contributed by atoms with Gasteiger partial charge in [-0.25, -0.2) is 0 Å². The third-order valence-corrected chi connectivity index (χ3v) is 2.70. The van der Waals surface area contributed by atoms with Gasteiger partial charge in [-0.15, -0.1) is 0 Å². The summed E-state index contributed by atoms with van der Waals surface area (Å²) in [5, 5.41) is 27.0. The van der Waals surface area contributed by atoms with Crippen molar-refractivity contribution in [2.24, 2.45) is 5.73 Å². The van der Waals surface area contributed by atoms with Crippen molar-refractivity contribution in [2.75, 3.05) is 0 Å². The Morgan fingerprint density at radius 1 is 1.29 bits per heavy atom. The van der Waals surface area contributed by atoms with Gasteiger partial charge in [0.25, 0.3) is 0 Å². The molecule has 2 heterocycles. The van der Waals surface area contributed by atoms with Gasteiger partial charge >= 0.3 is 0 Å². The Kier molecular flexibility index (Phi) is 6.25. The van der Waals surface area contributed by atoms with Crippen LogP contribution in [0.3, 0.4) is 0 Å². The first-order valence-corrected chi connectivity index (χ1v) is 6.09. The third-order valence-electron chi connectivity index (χ3n) is 2.70. The molecular weight excluding hydrogens is 274 g/mol. The predicted octanol–water partition coefficient (Wildman–Crippen LogP) is 0.261. The minimum absolute atomic E-state index is 0.0379. The summed E-state index contributed by atoms with van der Waals surface area (Å²) in [6, 6.07) is 3.29. The van der Waals surface area contributed by atoms with Gasteiger partial charge in [0.15, 0.2) is 0 Å². The number of pyridine rings is 2. The van der Waals surface area contributed by atoms with Crippen LogP contribution >= 0.6 is 0 Å². The zero-order chi connectivity index (χ0) is 15.8. The summed E-state index contributed by atoms with van der Waals surface area (Å²) in [5.74, 6) is -0.479. The van der Waals surface area contributed by atoms with Crippen LogP contribution in [-0.2, 0) is 13.2 Å². The molecule has 2 aromatic rings. The Morgan fingerprint density at radius 2 is 2.00 bits per heavy atom. The van der Waals surface area contributed by atoms with Crippen molar-refractivity contribution in [3.8, 4) is 5.75 Å². The topological polar surface area (TPSA) is 130 Å². The molecule has 0 aliphatic heterocycles. The third kappa shape index (κ3) is 4.51. The molecule has 0 radical (unpaired) electrons. The molecule has 0 bridgehead atoms. The van der Waals surface area contributed by atoms with Gasteiger partial charge in [-0.3, -0.25) is 14.8 Å². The lowest BCUT2D eigenvalue weighted by atomic mass is 10.1. The van der Waals surface area contributed by atoms with Crippen LogP contribution in [0.4, 0.5) is 0 Å². The quantitative estimate of drug-likeness (QED) is 0.642. The molecule has 21 heavy (non-hydrogen) atoms. The number of carbonyl (C=O) groups excluding carboxylic acids is 1. The van der Waals surface area contributed by atoms with Crippen LogP contribution < -0.4 is 5.73 Å².